The van der Waals surface area contributed by atoms with Gasteiger partial charge < -0.3 is 0 Å². The minimum atomic E-state index is -0.263. The summed E-state index contributed by atoms with van der Waals surface area (Å²) in [5.41, 5.74) is 6.54. The number of rotatable bonds is 12. The number of aryl methyl sites for hydroxylation is 2. The highest BCUT2D eigenvalue weighted by molar-refractivity contribution is 7.73. The molecule has 1 atom stereocenters. The molecule has 0 amide bonds. The fourth-order valence-electron chi connectivity index (χ4n) is 4.22. The Kier molecular flexibility index (Phi) is 10.3. The molecule has 0 aliphatic rings. The van der Waals surface area contributed by atoms with Crippen molar-refractivity contribution in [3.05, 3.63) is 58.7 Å². The van der Waals surface area contributed by atoms with Gasteiger partial charge in [-0.2, -0.15) is 0 Å². The SMILES string of the molecule is CCCCc1ccc(P(CC)c2ccccc2C)c(CCCC)c1CCCC. The van der Waals surface area contributed by atoms with Crippen LogP contribution in [0.3, 0.4) is 0 Å². The van der Waals surface area contributed by atoms with Crippen LogP contribution >= 0.6 is 7.92 Å². The van der Waals surface area contributed by atoms with Crippen LogP contribution in [-0.2, 0) is 19.3 Å². The number of hydrogen-bond donors (Lipinski definition) is 0. The summed E-state index contributed by atoms with van der Waals surface area (Å²) in [5.74, 6) is 0. The van der Waals surface area contributed by atoms with Gasteiger partial charge in [-0.3, -0.25) is 0 Å². The molecule has 0 nitrogen and oxygen atoms in total. The highest BCUT2D eigenvalue weighted by Gasteiger charge is 2.20. The first-order valence-electron chi connectivity index (χ1n) is 11.6. The summed E-state index contributed by atoms with van der Waals surface area (Å²) in [4.78, 5) is 0. The lowest BCUT2D eigenvalue weighted by Gasteiger charge is -2.26. The first-order chi connectivity index (χ1) is 13.7. The van der Waals surface area contributed by atoms with Gasteiger partial charge >= 0.3 is 0 Å². The summed E-state index contributed by atoms with van der Waals surface area (Å²) < 4.78 is 0. The van der Waals surface area contributed by atoms with Crippen LogP contribution in [0.15, 0.2) is 36.4 Å². The largest absolute Gasteiger partial charge is 0.0654 e. The molecular formula is C27H41P. The maximum Gasteiger partial charge on any atom is -0.0160 e. The van der Waals surface area contributed by atoms with Crippen LogP contribution in [-0.4, -0.2) is 6.16 Å². The lowest BCUT2D eigenvalue weighted by molar-refractivity contribution is 0.737. The van der Waals surface area contributed by atoms with E-state index in [2.05, 4.69) is 71.0 Å². The van der Waals surface area contributed by atoms with Gasteiger partial charge in [0.1, 0.15) is 0 Å². The predicted molar refractivity (Wildman–Crippen MR) is 130 cm³/mol. The molecule has 0 heterocycles. The van der Waals surface area contributed by atoms with Gasteiger partial charge in [-0.05, 0) is 92.4 Å². The summed E-state index contributed by atoms with van der Waals surface area (Å²) in [5, 5.41) is 3.26. The highest BCUT2D eigenvalue weighted by atomic mass is 31.1. The Bertz CT molecular complexity index is 716. The molecule has 0 bridgehead atoms. The molecule has 2 aromatic rings. The van der Waals surface area contributed by atoms with Crippen LogP contribution in [0.4, 0.5) is 0 Å². The fourth-order valence-corrected chi connectivity index (χ4v) is 6.75. The van der Waals surface area contributed by atoms with Crippen molar-refractivity contribution in [1.82, 2.24) is 0 Å². The van der Waals surface area contributed by atoms with Crippen molar-refractivity contribution in [2.24, 2.45) is 0 Å². The molecule has 2 rings (SSSR count). The second-order valence-electron chi connectivity index (χ2n) is 8.04. The van der Waals surface area contributed by atoms with Crippen molar-refractivity contribution >= 4 is 18.5 Å². The zero-order chi connectivity index (χ0) is 20.4. The lowest BCUT2D eigenvalue weighted by atomic mass is 9.91. The standard InChI is InChI=1S/C27H41P/c1-6-10-16-23-20-21-27(25(18-12-8-3)24(23)17-11-7-2)28(9-4)26-19-14-13-15-22(26)5/h13-15,19-21H,6-12,16-18H2,1-5H3. The van der Waals surface area contributed by atoms with Gasteiger partial charge in [-0.25, -0.2) is 0 Å². The molecule has 1 heteroatoms. The maximum atomic E-state index is 2.52. The average molecular weight is 397 g/mol. The third kappa shape index (κ3) is 5.93. The molecule has 0 aliphatic carbocycles. The van der Waals surface area contributed by atoms with Crippen molar-refractivity contribution < 1.29 is 0 Å². The van der Waals surface area contributed by atoms with Crippen LogP contribution in [0.1, 0.15) is 88.5 Å². The quantitative estimate of drug-likeness (QED) is 0.326. The molecule has 154 valence electrons. The Morgan fingerprint density at radius 3 is 1.86 bits per heavy atom. The van der Waals surface area contributed by atoms with E-state index in [-0.39, 0.29) is 7.92 Å². The second-order valence-corrected chi connectivity index (χ2v) is 10.5. The maximum absolute atomic E-state index is 2.52. The van der Waals surface area contributed by atoms with E-state index in [0.717, 1.165) is 0 Å². The molecule has 0 aliphatic heterocycles. The molecule has 0 saturated heterocycles. The Hall–Kier alpha value is -1.13. The third-order valence-corrected chi connectivity index (χ3v) is 8.59. The van der Waals surface area contributed by atoms with Crippen LogP contribution in [0.25, 0.3) is 0 Å². The zero-order valence-corrected chi connectivity index (χ0v) is 19.9. The van der Waals surface area contributed by atoms with E-state index in [4.69, 9.17) is 0 Å². The van der Waals surface area contributed by atoms with Crippen molar-refractivity contribution in [2.45, 2.75) is 92.4 Å². The average Bonchev–Trinajstić information content (AvgIpc) is 2.72. The Balaban J connectivity index is 2.58. The third-order valence-electron chi connectivity index (χ3n) is 5.88. The first kappa shape index (κ1) is 23.2. The minimum absolute atomic E-state index is 0.263. The van der Waals surface area contributed by atoms with Crippen LogP contribution in [0.2, 0.25) is 0 Å². The molecule has 0 radical (unpaired) electrons. The second kappa shape index (κ2) is 12.4. The minimum Gasteiger partial charge on any atom is -0.0654 e. The fraction of sp³-hybridized carbons (Fsp3) is 0.556. The number of benzene rings is 2. The highest BCUT2D eigenvalue weighted by Crippen LogP contribution is 2.38. The molecule has 28 heavy (non-hydrogen) atoms. The van der Waals surface area contributed by atoms with Gasteiger partial charge in [0.2, 0.25) is 0 Å². The van der Waals surface area contributed by atoms with Crippen molar-refractivity contribution in [3.8, 4) is 0 Å². The Morgan fingerprint density at radius 2 is 1.25 bits per heavy atom. The Morgan fingerprint density at radius 1 is 0.643 bits per heavy atom. The van der Waals surface area contributed by atoms with E-state index in [9.17, 15) is 0 Å². The van der Waals surface area contributed by atoms with E-state index < -0.39 is 0 Å². The normalized spacial score (nSPS) is 12.3. The molecule has 0 spiro atoms. The molecule has 2 aromatic carbocycles. The van der Waals surface area contributed by atoms with Crippen LogP contribution < -0.4 is 10.6 Å². The molecule has 0 fully saturated rings. The van der Waals surface area contributed by atoms with Gasteiger partial charge in [0, 0.05) is 0 Å². The molecule has 1 unspecified atom stereocenters. The summed E-state index contributed by atoms with van der Waals surface area (Å²) in [6, 6.07) is 14.1. The zero-order valence-electron chi connectivity index (χ0n) is 19.0. The topological polar surface area (TPSA) is 0 Å². The smallest absolute Gasteiger partial charge is 0.0160 e. The van der Waals surface area contributed by atoms with Crippen LogP contribution in [0, 0.1) is 6.92 Å². The molecule has 0 aromatic heterocycles. The van der Waals surface area contributed by atoms with E-state index in [1.54, 1.807) is 27.3 Å². The van der Waals surface area contributed by atoms with Gasteiger partial charge in [0.15, 0.2) is 0 Å². The van der Waals surface area contributed by atoms with Crippen LogP contribution in [0.5, 0.6) is 0 Å². The summed E-state index contributed by atoms with van der Waals surface area (Å²) in [6.45, 7) is 11.6. The first-order valence-corrected chi connectivity index (χ1v) is 13.2. The van der Waals surface area contributed by atoms with Gasteiger partial charge in [0.05, 0.1) is 0 Å². The van der Waals surface area contributed by atoms with E-state index in [1.807, 2.05) is 0 Å². The number of unbranched alkanes of at least 4 members (excludes halogenated alkanes) is 3. The molecule has 0 saturated carbocycles. The lowest BCUT2D eigenvalue weighted by Crippen LogP contribution is -2.22. The Labute approximate surface area is 175 Å². The molecule has 0 N–H and O–H groups in total. The predicted octanol–water partition coefficient (Wildman–Crippen LogP) is 7.48. The monoisotopic (exact) mass is 396 g/mol. The summed E-state index contributed by atoms with van der Waals surface area (Å²) in [7, 11) is -0.263. The van der Waals surface area contributed by atoms with E-state index in [0.29, 0.717) is 0 Å². The van der Waals surface area contributed by atoms with Crippen molar-refractivity contribution in [1.29, 1.82) is 0 Å². The summed E-state index contributed by atoms with van der Waals surface area (Å²) >= 11 is 0. The number of hydrogen-bond acceptors (Lipinski definition) is 0. The van der Waals surface area contributed by atoms with Crippen molar-refractivity contribution in [3.63, 3.8) is 0 Å². The van der Waals surface area contributed by atoms with Gasteiger partial charge in [-0.15, -0.1) is 0 Å². The summed E-state index contributed by atoms with van der Waals surface area (Å²) in [6.07, 6.45) is 12.8. The van der Waals surface area contributed by atoms with E-state index >= 15 is 0 Å². The van der Waals surface area contributed by atoms with Gasteiger partial charge in [-0.1, -0.05) is 83.4 Å². The molecular weight excluding hydrogens is 355 g/mol. The van der Waals surface area contributed by atoms with E-state index in [1.165, 1.54) is 69.5 Å². The van der Waals surface area contributed by atoms with Crippen molar-refractivity contribution in [2.75, 3.05) is 6.16 Å². The van der Waals surface area contributed by atoms with Gasteiger partial charge in [0.25, 0.3) is 0 Å².